The Kier molecular flexibility index (Phi) is 4.18. The van der Waals surface area contributed by atoms with Crippen LogP contribution in [0.5, 0.6) is 0 Å². The van der Waals surface area contributed by atoms with Crippen LogP contribution in [-0.2, 0) is 18.3 Å². The van der Waals surface area contributed by atoms with Crippen molar-refractivity contribution in [1.29, 1.82) is 0 Å². The van der Waals surface area contributed by atoms with Crippen LogP contribution in [-0.4, -0.2) is 26.1 Å². The maximum absolute atomic E-state index is 4.65. The number of anilines is 1. The summed E-state index contributed by atoms with van der Waals surface area (Å²) in [6.07, 6.45) is 5.99. The minimum atomic E-state index is 0.0584. The van der Waals surface area contributed by atoms with Crippen LogP contribution in [0.25, 0.3) is 4.96 Å². The second-order valence-electron chi connectivity index (χ2n) is 6.26. The Morgan fingerprint density at radius 2 is 2.09 bits per heavy atom. The first kappa shape index (κ1) is 15.4. The number of imidazole rings is 1. The highest BCUT2D eigenvalue weighted by molar-refractivity contribution is 7.20. The summed E-state index contributed by atoms with van der Waals surface area (Å²) < 4.78 is 1.87. The van der Waals surface area contributed by atoms with Gasteiger partial charge < -0.3 is 5.32 Å². The van der Waals surface area contributed by atoms with Crippen LogP contribution in [0, 0.1) is 0 Å². The standard InChI is InChI=1S/C15H21N5S2/c1-5-10-8-17-12(21-10)6-7-16-13-19-20-9-11(15(2,3)4)18-14(20)22-13/h8-9H,5-7H2,1-4H3,(H,16,19). The number of aromatic nitrogens is 4. The molecular formula is C15H21N5S2. The Bertz CT molecular complexity index is 731. The molecule has 0 aliphatic heterocycles. The van der Waals surface area contributed by atoms with Gasteiger partial charge in [-0.15, -0.1) is 16.4 Å². The molecule has 0 aromatic carbocycles. The molecule has 7 heteroatoms. The van der Waals surface area contributed by atoms with E-state index < -0.39 is 0 Å². The summed E-state index contributed by atoms with van der Waals surface area (Å²) in [5.74, 6) is 0. The number of nitrogens with zero attached hydrogens (tertiary/aromatic N) is 4. The Morgan fingerprint density at radius 3 is 2.73 bits per heavy atom. The number of aryl methyl sites for hydroxylation is 1. The SMILES string of the molecule is CCc1cnc(CCNc2nn3cc(C(C)(C)C)nc3s2)s1. The molecule has 0 aliphatic rings. The van der Waals surface area contributed by atoms with Gasteiger partial charge in [-0.25, -0.2) is 14.5 Å². The third kappa shape index (κ3) is 3.30. The molecule has 0 aliphatic carbocycles. The van der Waals surface area contributed by atoms with Crippen molar-refractivity contribution in [2.24, 2.45) is 0 Å². The molecule has 3 aromatic rings. The Morgan fingerprint density at radius 1 is 1.27 bits per heavy atom. The van der Waals surface area contributed by atoms with Gasteiger partial charge in [0.15, 0.2) is 0 Å². The normalized spacial score (nSPS) is 12.2. The van der Waals surface area contributed by atoms with Gasteiger partial charge >= 0.3 is 0 Å². The van der Waals surface area contributed by atoms with Crippen LogP contribution in [0.15, 0.2) is 12.4 Å². The topological polar surface area (TPSA) is 55.1 Å². The third-order valence-electron chi connectivity index (χ3n) is 3.38. The molecule has 0 fully saturated rings. The van der Waals surface area contributed by atoms with E-state index in [4.69, 9.17) is 0 Å². The molecule has 22 heavy (non-hydrogen) atoms. The molecule has 0 saturated heterocycles. The van der Waals surface area contributed by atoms with E-state index in [-0.39, 0.29) is 5.41 Å². The van der Waals surface area contributed by atoms with E-state index in [1.54, 1.807) is 22.7 Å². The molecule has 0 saturated carbocycles. The number of rotatable bonds is 5. The van der Waals surface area contributed by atoms with E-state index in [0.717, 1.165) is 35.2 Å². The maximum Gasteiger partial charge on any atom is 0.214 e. The van der Waals surface area contributed by atoms with E-state index in [9.17, 15) is 0 Å². The molecule has 0 amide bonds. The summed E-state index contributed by atoms with van der Waals surface area (Å²) in [5.41, 5.74) is 1.13. The van der Waals surface area contributed by atoms with Gasteiger partial charge in [-0.1, -0.05) is 39.0 Å². The zero-order chi connectivity index (χ0) is 15.7. The molecule has 0 spiro atoms. The van der Waals surface area contributed by atoms with Gasteiger partial charge in [0.05, 0.1) is 16.9 Å². The lowest BCUT2D eigenvalue weighted by atomic mass is 9.93. The zero-order valence-corrected chi connectivity index (χ0v) is 15.0. The van der Waals surface area contributed by atoms with Crippen molar-refractivity contribution in [3.63, 3.8) is 0 Å². The average Bonchev–Trinajstić information content (AvgIpc) is 3.11. The summed E-state index contributed by atoms with van der Waals surface area (Å²) in [6.45, 7) is 9.50. The fourth-order valence-electron chi connectivity index (χ4n) is 2.04. The van der Waals surface area contributed by atoms with E-state index in [0.29, 0.717) is 0 Å². The van der Waals surface area contributed by atoms with Gasteiger partial charge in [0.2, 0.25) is 10.1 Å². The molecule has 0 radical (unpaired) electrons. The number of hydrogen-bond donors (Lipinski definition) is 1. The molecule has 0 unspecified atom stereocenters. The molecule has 118 valence electrons. The highest BCUT2D eigenvalue weighted by Gasteiger charge is 2.19. The molecule has 5 nitrogen and oxygen atoms in total. The molecule has 1 N–H and O–H groups in total. The Labute approximate surface area is 138 Å². The van der Waals surface area contributed by atoms with E-state index >= 15 is 0 Å². The third-order valence-corrected chi connectivity index (χ3v) is 5.46. The van der Waals surface area contributed by atoms with Gasteiger partial charge in [-0.2, -0.15) is 0 Å². The van der Waals surface area contributed by atoms with E-state index in [1.165, 1.54) is 9.88 Å². The lowest BCUT2D eigenvalue weighted by molar-refractivity contribution is 0.572. The van der Waals surface area contributed by atoms with Crippen LogP contribution < -0.4 is 5.32 Å². The van der Waals surface area contributed by atoms with Gasteiger partial charge in [0.25, 0.3) is 0 Å². The van der Waals surface area contributed by atoms with Crippen molar-refractivity contribution in [3.8, 4) is 0 Å². The quantitative estimate of drug-likeness (QED) is 0.771. The molecule has 0 atom stereocenters. The van der Waals surface area contributed by atoms with Crippen LogP contribution in [0.2, 0.25) is 0 Å². The van der Waals surface area contributed by atoms with Gasteiger partial charge in [-0.3, -0.25) is 0 Å². The largest absolute Gasteiger partial charge is 0.360 e. The fourth-order valence-corrected chi connectivity index (χ4v) is 3.71. The van der Waals surface area contributed by atoms with Crippen molar-refractivity contribution in [3.05, 3.63) is 28.0 Å². The summed E-state index contributed by atoms with van der Waals surface area (Å²) in [4.78, 5) is 11.4. The minimum absolute atomic E-state index is 0.0584. The van der Waals surface area contributed by atoms with Crippen molar-refractivity contribution >= 4 is 32.8 Å². The van der Waals surface area contributed by atoms with Crippen molar-refractivity contribution in [1.82, 2.24) is 19.6 Å². The first-order valence-corrected chi connectivity index (χ1v) is 9.13. The van der Waals surface area contributed by atoms with Crippen molar-refractivity contribution in [2.45, 2.75) is 46.0 Å². The Balaban J connectivity index is 1.61. The number of thiazole rings is 1. The number of fused-ring (bicyclic) bond motifs is 1. The number of hydrogen-bond acceptors (Lipinski definition) is 6. The fraction of sp³-hybridized carbons (Fsp3) is 0.533. The Hall–Kier alpha value is -1.47. The lowest BCUT2D eigenvalue weighted by Gasteiger charge is -2.13. The van der Waals surface area contributed by atoms with E-state index in [2.05, 4.69) is 48.1 Å². The summed E-state index contributed by atoms with van der Waals surface area (Å²) >= 11 is 3.39. The molecular weight excluding hydrogens is 314 g/mol. The second kappa shape index (κ2) is 5.96. The summed E-state index contributed by atoms with van der Waals surface area (Å²) in [5, 5.41) is 10.0. The van der Waals surface area contributed by atoms with Gasteiger partial charge in [0.1, 0.15) is 0 Å². The number of nitrogens with one attached hydrogen (secondary N) is 1. The molecule has 3 rings (SSSR count). The predicted molar refractivity (Wildman–Crippen MR) is 93.2 cm³/mol. The highest BCUT2D eigenvalue weighted by atomic mass is 32.1. The molecule has 3 aromatic heterocycles. The first-order chi connectivity index (χ1) is 10.5. The lowest BCUT2D eigenvalue weighted by Crippen LogP contribution is -2.11. The summed E-state index contributed by atoms with van der Waals surface area (Å²) in [6, 6.07) is 0. The molecule has 0 bridgehead atoms. The summed E-state index contributed by atoms with van der Waals surface area (Å²) in [7, 11) is 0. The first-order valence-electron chi connectivity index (χ1n) is 7.50. The predicted octanol–water partition coefficient (Wildman–Crippen LogP) is 3.76. The van der Waals surface area contributed by atoms with Crippen molar-refractivity contribution < 1.29 is 0 Å². The highest BCUT2D eigenvalue weighted by Crippen LogP contribution is 2.25. The van der Waals surface area contributed by atoms with Crippen LogP contribution >= 0.6 is 22.7 Å². The minimum Gasteiger partial charge on any atom is -0.360 e. The van der Waals surface area contributed by atoms with Gasteiger partial charge in [-0.05, 0) is 6.42 Å². The van der Waals surface area contributed by atoms with Crippen LogP contribution in [0.4, 0.5) is 5.13 Å². The smallest absolute Gasteiger partial charge is 0.214 e. The molecule has 3 heterocycles. The monoisotopic (exact) mass is 335 g/mol. The maximum atomic E-state index is 4.65. The zero-order valence-electron chi connectivity index (χ0n) is 13.4. The van der Waals surface area contributed by atoms with Crippen LogP contribution in [0.3, 0.4) is 0 Å². The van der Waals surface area contributed by atoms with Gasteiger partial charge in [0, 0.05) is 29.5 Å². The average molecular weight is 336 g/mol. The van der Waals surface area contributed by atoms with Crippen molar-refractivity contribution in [2.75, 3.05) is 11.9 Å². The van der Waals surface area contributed by atoms with E-state index in [1.807, 2.05) is 16.9 Å². The second-order valence-corrected chi connectivity index (χ2v) is 8.42. The van der Waals surface area contributed by atoms with Crippen LogP contribution in [0.1, 0.15) is 43.3 Å².